The number of rotatable bonds is 5. The van der Waals surface area contributed by atoms with Crippen LogP contribution in [0.15, 0.2) is 29.4 Å². The van der Waals surface area contributed by atoms with Gasteiger partial charge in [0.25, 0.3) is 0 Å². The molecule has 0 N–H and O–H groups in total. The Bertz CT molecular complexity index is 751. The van der Waals surface area contributed by atoms with E-state index in [9.17, 15) is 4.79 Å². The largest absolute Gasteiger partial charge is 0.368 e. The van der Waals surface area contributed by atoms with E-state index in [1.165, 1.54) is 23.0 Å². The van der Waals surface area contributed by atoms with Gasteiger partial charge < -0.3 is 9.80 Å². The Labute approximate surface area is 151 Å². The smallest absolute Gasteiger partial charge is 0.233 e. The Hall–Kier alpha value is -2.09. The first-order chi connectivity index (χ1) is 12.2. The van der Waals surface area contributed by atoms with Crippen LogP contribution in [-0.4, -0.2) is 62.9 Å². The molecule has 4 rings (SSSR count). The highest BCUT2D eigenvalue weighted by atomic mass is 32.2. The Morgan fingerprint density at radius 2 is 2.04 bits per heavy atom. The van der Waals surface area contributed by atoms with Crippen molar-refractivity contribution < 1.29 is 4.79 Å². The predicted molar refractivity (Wildman–Crippen MR) is 96.8 cm³/mol. The van der Waals surface area contributed by atoms with Gasteiger partial charge in [-0.15, -0.1) is 5.10 Å². The average molecular weight is 358 g/mol. The summed E-state index contributed by atoms with van der Waals surface area (Å²) in [6.45, 7) is 5.39. The van der Waals surface area contributed by atoms with Crippen molar-refractivity contribution in [2.45, 2.75) is 31.0 Å². The number of nitrogens with zero attached hydrogens (tertiary/aromatic N) is 6. The van der Waals surface area contributed by atoms with Crippen LogP contribution in [0, 0.1) is 6.92 Å². The Balaban J connectivity index is 1.28. The first-order valence-electron chi connectivity index (χ1n) is 8.71. The van der Waals surface area contributed by atoms with Gasteiger partial charge in [-0.1, -0.05) is 23.9 Å². The molecule has 1 aromatic heterocycles. The predicted octanol–water partition coefficient (Wildman–Crippen LogP) is 1.76. The molecule has 25 heavy (non-hydrogen) atoms. The third-order valence-corrected chi connectivity index (χ3v) is 5.60. The lowest BCUT2D eigenvalue weighted by atomic mass is 10.2. The maximum absolute atomic E-state index is 12.5. The second-order valence-electron chi connectivity index (χ2n) is 6.63. The summed E-state index contributed by atoms with van der Waals surface area (Å²) in [5.74, 6) is 0.566. The lowest BCUT2D eigenvalue weighted by molar-refractivity contribution is -0.128. The third-order valence-electron chi connectivity index (χ3n) is 4.68. The minimum Gasteiger partial charge on any atom is -0.368 e. The van der Waals surface area contributed by atoms with Crippen molar-refractivity contribution in [3.63, 3.8) is 0 Å². The monoisotopic (exact) mass is 358 g/mol. The molecule has 2 aliphatic rings. The number of hydrogen-bond donors (Lipinski definition) is 0. The maximum atomic E-state index is 12.5. The molecule has 0 unspecified atom stereocenters. The number of carbonyl (C=O) groups excluding carboxylic acids is 1. The number of aromatic nitrogens is 4. The quantitative estimate of drug-likeness (QED) is 0.759. The SMILES string of the molecule is Cc1cccc(N2CCN(C(=O)CSc3nnnn3C3CC3)CC2)c1. The zero-order valence-electron chi connectivity index (χ0n) is 14.3. The number of aryl methyl sites for hydroxylation is 1. The van der Waals surface area contributed by atoms with Crippen molar-refractivity contribution in [2.24, 2.45) is 0 Å². The second-order valence-corrected chi connectivity index (χ2v) is 7.58. The van der Waals surface area contributed by atoms with Crippen LogP contribution >= 0.6 is 11.8 Å². The molecule has 0 atom stereocenters. The summed E-state index contributed by atoms with van der Waals surface area (Å²) in [6, 6.07) is 8.97. The lowest BCUT2D eigenvalue weighted by Gasteiger charge is -2.36. The highest BCUT2D eigenvalue weighted by Gasteiger charge is 2.28. The van der Waals surface area contributed by atoms with Crippen LogP contribution in [0.3, 0.4) is 0 Å². The van der Waals surface area contributed by atoms with E-state index in [1.54, 1.807) is 0 Å². The van der Waals surface area contributed by atoms with E-state index in [-0.39, 0.29) is 5.91 Å². The minimum atomic E-state index is 0.166. The van der Waals surface area contributed by atoms with E-state index < -0.39 is 0 Å². The fourth-order valence-corrected chi connectivity index (χ4v) is 3.93. The molecule has 2 heterocycles. The normalized spacial score (nSPS) is 17.8. The van der Waals surface area contributed by atoms with E-state index in [0.717, 1.165) is 44.2 Å². The summed E-state index contributed by atoms with van der Waals surface area (Å²) in [5, 5.41) is 12.6. The summed E-state index contributed by atoms with van der Waals surface area (Å²) in [6.07, 6.45) is 2.26. The van der Waals surface area contributed by atoms with Crippen LogP contribution in [0.5, 0.6) is 0 Å². The molecule has 1 amide bonds. The molecule has 7 nitrogen and oxygen atoms in total. The van der Waals surface area contributed by atoms with Crippen molar-refractivity contribution in [2.75, 3.05) is 36.8 Å². The van der Waals surface area contributed by atoms with Gasteiger partial charge in [-0.25, -0.2) is 4.68 Å². The number of benzene rings is 1. The van der Waals surface area contributed by atoms with Crippen molar-refractivity contribution in [3.8, 4) is 0 Å². The molecular formula is C17H22N6OS. The minimum absolute atomic E-state index is 0.166. The molecule has 0 spiro atoms. The number of carbonyl (C=O) groups is 1. The van der Waals surface area contributed by atoms with Crippen LogP contribution < -0.4 is 4.90 Å². The molecule has 1 saturated carbocycles. The second kappa shape index (κ2) is 7.03. The molecule has 1 aromatic carbocycles. The van der Waals surface area contributed by atoms with E-state index in [2.05, 4.69) is 51.6 Å². The van der Waals surface area contributed by atoms with E-state index in [0.29, 0.717) is 11.8 Å². The van der Waals surface area contributed by atoms with Crippen LogP contribution in [0.2, 0.25) is 0 Å². The highest BCUT2D eigenvalue weighted by molar-refractivity contribution is 7.99. The molecule has 1 aliphatic carbocycles. The zero-order valence-corrected chi connectivity index (χ0v) is 15.2. The standard InChI is InChI=1S/C17H22N6OS/c1-13-3-2-4-15(11-13)21-7-9-22(10-8-21)16(24)12-25-17-18-19-20-23(17)14-5-6-14/h2-4,11,14H,5-10,12H2,1H3. The first-order valence-corrected chi connectivity index (χ1v) is 9.69. The molecule has 2 aromatic rings. The molecule has 0 bridgehead atoms. The molecule has 0 radical (unpaired) electrons. The molecular weight excluding hydrogens is 336 g/mol. The van der Waals surface area contributed by atoms with Crippen molar-refractivity contribution in [1.82, 2.24) is 25.1 Å². The topological polar surface area (TPSA) is 67.2 Å². The van der Waals surface area contributed by atoms with Gasteiger partial charge >= 0.3 is 0 Å². The van der Waals surface area contributed by atoms with E-state index >= 15 is 0 Å². The molecule has 1 aliphatic heterocycles. The van der Waals surface area contributed by atoms with Crippen molar-refractivity contribution in [3.05, 3.63) is 29.8 Å². The first kappa shape index (κ1) is 16.4. The zero-order chi connectivity index (χ0) is 17.2. The fraction of sp³-hybridized carbons (Fsp3) is 0.529. The summed E-state index contributed by atoms with van der Waals surface area (Å²) in [5.41, 5.74) is 2.51. The summed E-state index contributed by atoms with van der Waals surface area (Å²) < 4.78 is 1.85. The van der Waals surface area contributed by atoms with Gasteiger partial charge in [0, 0.05) is 31.9 Å². The van der Waals surface area contributed by atoms with Crippen LogP contribution in [0.25, 0.3) is 0 Å². The van der Waals surface area contributed by atoms with E-state index in [4.69, 9.17) is 0 Å². The number of hydrogen-bond acceptors (Lipinski definition) is 6. The van der Waals surface area contributed by atoms with Gasteiger partial charge in [0.15, 0.2) is 0 Å². The van der Waals surface area contributed by atoms with Gasteiger partial charge in [0.05, 0.1) is 11.8 Å². The Morgan fingerprint density at radius 3 is 2.76 bits per heavy atom. The number of anilines is 1. The Morgan fingerprint density at radius 1 is 1.24 bits per heavy atom. The number of thioether (sulfide) groups is 1. The highest BCUT2D eigenvalue weighted by Crippen LogP contribution is 2.36. The van der Waals surface area contributed by atoms with Crippen LogP contribution in [0.4, 0.5) is 5.69 Å². The molecule has 1 saturated heterocycles. The number of tetrazole rings is 1. The van der Waals surface area contributed by atoms with Gasteiger partial charge in [0.1, 0.15) is 0 Å². The van der Waals surface area contributed by atoms with Gasteiger partial charge in [-0.05, 0) is 47.9 Å². The molecule has 8 heteroatoms. The molecule has 2 fully saturated rings. The third kappa shape index (κ3) is 3.78. The van der Waals surface area contributed by atoms with Crippen LogP contribution in [0.1, 0.15) is 24.4 Å². The van der Waals surface area contributed by atoms with Crippen molar-refractivity contribution >= 4 is 23.4 Å². The van der Waals surface area contributed by atoms with Gasteiger partial charge in [-0.3, -0.25) is 4.79 Å². The number of amides is 1. The van der Waals surface area contributed by atoms with Crippen LogP contribution in [-0.2, 0) is 4.79 Å². The molecule has 132 valence electrons. The maximum Gasteiger partial charge on any atom is 0.233 e. The summed E-state index contributed by atoms with van der Waals surface area (Å²) in [4.78, 5) is 16.8. The van der Waals surface area contributed by atoms with Gasteiger partial charge in [-0.2, -0.15) is 0 Å². The van der Waals surface area contributed by atoms with Gasteiger partial charge in [0.2, 0.25) is 11.1 Å². The summed E-state index contributed by atoms with van der Waals surface area (Å²) in [7, 11) is 0. The van der Waals surface area contributed by atoms with Crippen molar-refractivity contribution in [1.29, 1.82) is 0 Å². The Kier molecular flexibility index (Phi) is 4.61. The van der Waals surface area contributed by atoms with E-state index in [1.807, 2.05) is 9.58 Å². The fourth-order valence-electron chi connectivity index (χ4n) is 3.09. The number of piperazine rings is 1. The average Bonchev–Trinajstić information content (AvgIpc) is 3.38. The lowest BCUT2D eigenvalue weighted by Crippen LogP contribution is -2.49. The summed E-state index contributed by atoms with van der Waals surface area (Å²) >= 11 is 1.44.